The molecule has 37 heavy (non-hydrogen) atoms. The van der Waals surface area contributed by atoms with E-state index in [0.717, 1.165) is 19.3 Å². The largest absolute Gasteiger partial charge is 0.381 e. The lowest BCUT2D eigenvalue weighted by molar-refractivity contribution is -0.122. The number of nitrogens with zero attached hydrogens (tertiary/aromatic N) is 5. The van der Waals surface area contributed by atoms with Gasteiger partial charge in [0, 0.05) is 24.6 Å². The molecule has 194 valence electrons. The van der Waals surface area contributed by atoms with Gasteiger partial charge in [-0.25, -0.2) is 9.97 Å². The van der Waals surface area contributed by atoms with Crippen molar-refractivity contribution in [3.05, 3.63) is 33.9 Å². The number of amides is 1. The number of imidazole rings is 1. The summed E-state index contributed by atoms with van der Waals surface area (Å²) in [5.41, 5.74) is 7.67. The van der Waals surface area contributed by atoms with E-state index in [0.29, 0.717) is 76.3 Å². The van der Waals surface area contributed by atoms with Crippen molar-refractivity contribution in [2.75, 3.05) is 23.8 Å². The lowest BCUT2D eigenvalue weighted by Gasteiger charge is -2.30. The molecule has 2 aromatic heterocycles. The quantitative estimate of drug-likeness (QED) is 0.402. The molecule has 2 fully saturated rings. The fourth-order valence-electron chi connectivity index (χ4n) is 5.14. The van der Waals surface area contributed by atoms with Gasteiger partial charge in [-0.1, -0.05) is 30.1 Å². The van der Waals surface area contributed by atoms with Gasteiger partial charge in [0.2, 0.25) is 17.8 Å². The molecule has 2 atom stereocenters. The fraction of sp³-hybridized carbons (Fsp3) is 0.480. The Hall–Kier alpha value is -3.13. The zero-order valence-electron chi connectivity index (χ0n) is 20.4. The average molecular weight is 543 g/mol. The van der Waals surface area contributed by atoms with Crippen molar-refractivity contribution in [3.63, 3.8) is 0 Å². The Morgan fingerprint density at radius 1 is 1.19 bits per heavy atom. The SMILES string of the molecule is C[C@@H]1COCC[C@H]1Nc1ncc2nc(Nc3c(Cl)cc(C#N)cc3Cl)n([C@H]3CC[C@H](C(N)=O)CC3)c2n1. The average Bonchev–Trinajstić information content (AvgIpc) is 3.24. The molecule has 12 heteroatoms. The number of hydrogen-bond donors (Lipinski definition) is 3. The highest BCUT2D eigenvalue weighted by atomic mass is 35.5. The molecule has 0 spiro atoms. The molecule has 5 rings (SSSR count). The van der Waals surface area contributed by atoms with Crippen molar-refractivity contribution >= 4 is 57.9 Å². The van der Waals surface area contributed by atoms with Crippen LogP contribution in [-0.4, -0.2) is 44.7 Å². The summed E-state index contributed by atoms with van der Waals surface area (Å²) in [4.78, 5) is 25.9. The van der Waals surface area contributed by atoms with E-state index in [2.05, 4.69) is 28.6 Å². The van der Waals surface area contributed by atoms with Gasteiger partial charge in [0.05, 0.1) is 40.2 Å². The van der Waals surface area contributed by atoms with Crippen molar-refractivity contribution in [2.45, 2.75) is 51.1 Å². The molecule has 0 bridgehead atoms. The van der Waals surface area contributed by atoms with Crippen LogP contribution in [0.2, 0.25) is 10.0 Å². The molecular formula is C25H28Cl2N8O2. The number of carbonyl (C=O) groups excluding carboxylic acids is 1. The van der Waals surface area contributed by atoms with Crippen molar-refractivity contribution < 1.29 is 9.53 Å². The number of benzene rings is 1. The highest BCUT2D eigenvalue weighted by Gasteiger charge is 2.30. The van der Waals surface area contributed by atoms with Gasteiger partial charge in [0.15, 0.2) is 5.65 Å². The summed E-state index contributed by atoms with van der Waals surface area (Å²) in [5, 5.41) is 16.6. The smallest absolute Gasteiger partial charge is 0.224 e. The van der Waals surface area contributed by atoms with Gasteiger partial charge in [0.25, 0.3) is 0 Å². The molecule has 1 saturated carbocycles. The number of nitrogens with two attached hydrogens (primary N) is 1. The molecule has 3 heterocycles. The molecular weight excluding hydrogens is 515 g/mol. The fourth-order valence-corrected chi connectivity index (χ4v) is 5.72. The number of anilines is 3. The molecule has 1 aromatic carbocycles. The Bertz CT molecular complexity index is 1340. The Morgan fingerprint density at radius 3 is 2.57 bits per heavy atom. The first kappa shape index (κ1) is 25.5. The van der Waals surface area contributed by atoms with E-state index in [-0.39, 0.29) is 23.9 Å². The summed E-state index contributed by atoms with van der Waals surface area (Å²) >= 11 is 12.9. The Kier molecular flexibility index (Phi) is 7.38. The van der Waals surface area contributed by atoms with Gasteiger partial charge in [-0.15, -0.1) is 0 Å². The van der Waals surface area contributed by atoms with Crippen molar-refractivity contribution in [2.24, 2.45) is 17.6 Å². The van der Waals surface area contributed by atoms with Gasteiger partial charge in [-0.05, 0) is 50.2 Å². The molecule has 1 saturated heterocycles. The summed E-state index contributed by atoms with van der Waals surface area (Å²) in [5.74, 6) is 0.977. The van der Waals surface area contributed by atoms with Crippen LogP contribution in [-0.2, 0) is 9.53 Å². The van der Waals surface area contributed by atoms with Crippen LogP contribution >= 0.6 is 23.2 Å². The van der Waals surface area contributed by atoms with Crippen LogP contribution in [0.25, 0.3) is 11.2 Å². The maximum Gasteiger partial charge on any atom is 0.224 e. The monoisotopic (exact) mass is 542 g/mol. The number of nitrogens with one attached hydrogen (secondary N) is 2. The zero-order chi connectivity index (χ0) is 26.1. The third-order valence-electron chi connectivity index (χ3n) is 7.26. The number of fused-ring (bicyclic) bond motifs is 1. The first-order valence-corrected chi connectivity index (χ1v) is 13.1. The van der Waals surface area contributed by atoms with Crippen LogP contribution in [0.5, 0.6) is 0 Å². The van der Waals surface area contributed by atoms with E-state index in [1.165, 1.54) is 0 Å². The second kappa shape index (κ2) is 10.7. The molecule has 2 aliphatic rings. The topological polar surface area (TPSA) is 144 Å². The Labute approximate surface area is 224 Å². The molecule has 1 aliphatic heterocycles. The van der Waals surface area contributed by atoms with Crippen LogP contribution < -0.4 is 16.4 Å². The van der Waals surface area contributed by atoms with Gasteiger partial charge in [-0.3, -0.25) is 9.36 Å². The predicted octanol–water partition coefficient (Wildman–Crippen LogP) is 4.80. The number of aromatic nitrogens is 4. The molecule has 4 N–H and O–H groups in total. The highest BCUT2D eigenvalue weighted by molar-refractivity contribution is 6.39. The van der Waals surface area contributed by atoms with Crippen LogP contribution in [0.15, 0.2) is 18.3 Å². The summed E-state index contributed by atoms with van der Waals surface area (Å²) in [6, 6.07) is 5.40. The van der Waals surface area contributed by atoms with E-state index in [9.17, 15) is 10.1 Å². The third-order valence-corrected chi connectivity index (χ3v) is 7.86. The normalized spacial score (nSPS) is 23.9. The number of hydrogen-bond acceptors (Lipinski definition) is 8. The minimum atomic E-state index is -0.261. The van der Waals surface area contributed by atoms with E-state index in [1.54, 1.807) is 18.3 Å². The van der Waals surface area contributed by atoms with Crippen molar-refractivity contribution in [3.8, 4) is 6.07 Å². The molecule has 1 amide bonds. The van der Waals surface area contributed by atoms with Gasteiger partial charge >= 0.3 is 0 Å². The van der Waals surface area contributed by atoms with Crippen LogP contribution in [0, 0.1) is 23.2 Å². The van der Waals surface area contributed by atoms with Gasteiger partial charge < -0.3 is 21.1 Å². The number of primary amides is 1. The zero-order valence-corrected chi connectivity index (χ0v) is 21.9. The molecule has 0 radical (unpaired) electrons. The summed E-state index contributed by atoms with van der Waals surface area (Å²) < 4.78 is 7.60. The number of ether oxygens (including phenoxy) is 1. The van der Waals surface area contributed by atoms with Crippen LogP contribution in [0.4, 0.5) is 17.6 Å². The highest BCUT2D eigenvalue weighted by Crippen LogP contribution is 2.39. The molecule has 10 nitrogen and oxygen atoms in total. The lowest BCUT2D eigenvalue weighted by Crippen LogP contribution is -2.36. The molecule has 3 aromatic rings. The predicted molar refractivity (Wildman–Crippen MR) is 142 cm³/mol. The number of nitriles is 1. The van der Waals surface area contributed by atoms with E-state index in [4.69, 9.17) is 43.6 Å². The van der Waals surface area contributed by atoms with E-state index in [1.807, 2.05) is 4.57 Å². The van der Waals surface area contributed by atoms with Crippen LogP contribution in [0.1, 0.15) is 50.6 Å². The summed E-state index contributed by atoms with van der Waals surface area (Å²) in [6.07, 6.45) is 5.44. The second-order valence-corrected chi connectivity index (χ2v) is 10.6. The van der Waals surface area contributed by atoms with Crippen molar-refractivity contribution in [1.29, 1.82) is 5.26 Å². The maximum absolute atomic E-state index is 11.8. The molecule has 1 aliphatic carbocycles. The van der Waals surface area contributed by atoms with Gasteiger partial charge in [-0.2, -0.15) is 10.2 Å². The second-order valence-electron chi connectivity index (χ2n) is 9.76. The number of carbonyl (C=O) groups is 1. The standard InChI is InChI=1S/C25H28Cl2N8O2/c1-13-12-37-7-6-19(13)31-24-30-11-20-23(34-24)35(16-4-2-15(3-5-16)22(29)36)25(32-20)33-21-17(26)8-14(10-28)9-18(21)27/h8-9,11,13,15-16,19H,2-7,12H2,1H3,(H2,29,36)(H,32,33)(H,30,31,34)/t13-,15-,16-,19-/m1/s1. The van der Waals surface area contributed by atoms with E-state index < -0.39 is 0 Å². The minimum absolute atomic E-state index is 0.0313. The van der Waals surface area contributed by atoms with E-state index >= 15 is 0 Å². The van der Waals surface area contributed by atoms with Crippen LogP contribution in [0.3, 0.4) is 0 Å². The summed E-state index contributed by atoms with van der Waals surface area (Å²) in [7, 11) is 0. The number of rotatable bonds is 6. The Morgan fingerprint density at radius 2 is 1.92 bits per heavy atom. The number of halogens is 2. The molecule has 0 unspecified atom stereocenters. The van der Waals surface area contributed by atoms with Gasteiger partial charge in [0.1, 0.15) is 5.52 Å². The van der Waals surface area contributed by atoms with Crippen molar-refractivity contribution in [1.82, 2.24) is 19.5 Å². The maximum atomic E-state index is 11.8. The Balaban J connectivity index is 1.53. The first-order valence-electron chi connectivity index (χ1n) is 12.4. The third kappa shape index (κ3) is 5.30. The first-order chi connectivity index (χ1) is 17.8. The summed E-state index contributed by atoms with van der Waals surface area (Å²) in [6.45, 7) is 3.54. The minimum Gasteiger partial charge on any atom is -0.381 e. The lowest BCUT2D eigenvalue weighted by atomic mass is 9.85.